The zero-order chi connectivity index (χ0) is 22.8. The summed E-state index contributed by atoms with van der Waals surface area (Å²) in [4.78, 5) is 33.8. The lowest BCUT2D eigenvalue weighted by Gasteiger charge is -2.31. The summed E-state index contributed by atoms with van der Waals surface area (Å²) in [7, 11) is 1.75. The van der Waals surface area contributed by atoms with Gasteiger partial charge in [-0.2, -0.15) is 5.10 Å². The van der Waals surface area contributed by atoms with Crippen LogP contribution in [0.5, 0.6) is 0 Å². The van der Waals surface area contributed by atoms with Crippen molar-refractivity contribution < 1.29 is 9.59 Å². The molecule has 0 radical (unpaired) electrons. The van der Waals surface area contributed by atoms with E-state index >= 15 is 0 Å². The van der Waals surface area contributed by atoms with Crippen LogP contribution >= 0.6 is 0 Å². The number of pyridine rings is 1. The highest BCUT2D eigenvalue weighted by Gasteiger charge is 2.27. The average Bonchev–Trinajstić information content (AvgIpc) is 3.38. The Labute approximate surface area is 192 Å². The predicted molar refractivity (Wildman–Crippen MR) is 127 cm³/mol. The van der Waals surface area contributed by atoms with Crippen molar-refractivity contribution in [2.45, 2.75) is 18.8 Å². The Morgan fingerprint density at radius 2 is 1.67 bits per heavy atom. The van der Waals surface area contributed by atoms with Crippen molar-refractivity contribution in [3.63, 3.8) is 0 Å². The predicted octanol–water partition coefficient (Wildman–Crippen LogP) is 4.25. The number of carbonyl (C=O) groups is 2. The summed E-state index contributed by atoms with van der Waals surface area (Å²) in [6.45, 7) is 1.29. The minimum Gasteiger partial charge on any atom is -0.337 e. The third kappa shape index (κ3) is 4.22. The number of amides is 2. The maximum Gasteiger partial charge on any atom is 0.278 e. The van der Waals surface area contributed by atoms with Crippen LogP contribution in [-0.4, -0.2) is 52.0 Å². The molecule has 0 saturated carbocycles. The monoisotopic (exact) mass is 439 g/mol. The molecule has 0 atom stereocenters. The summed E-state index contributed by atoms with van der Waals surface area (Å²) in [6, 6.07) is 22.9. The largest absolute Gasteiger partial charge is 0.337 e. The third-order valence-corrected chi connectivity index (χ3v) is 6.30. The van der Waals surface area contributed by atoms with Gasteiger partial charge in [-0.05, 0) is 43.2 Å². The number of para-hydroxylation sites is 2. The van der Waals surface area contributed by atoms with Gasteiger partial charge in [0.05, 0.1) is 5.52 Å². The summed E-state index contributed by atoms with van der Waals surface area (Å²) in [5.41, 5.74) is 3.46. The maximum absolute atomic E-state index is 13.0. The molecule has 0 unspecified atom stereocenters. The molecule has 0 aliphatic carbocycles. The molecule has 0 bridgehead atoms. The number of carbonyl (C=O) groups excluding carboxylic acids is 2. The summed E-state index contributed by atoms with van der Waals surface area (Å²) in [6.07, 6.45) is 1.62. The molecule has 7 nitrogen and oxygen atoms in total. The number of hydrogen-bond donors (Lipinski definition) is 1. The second-order valence-corrected chi connectivity index (χ2v) is 8.36. The number of aromatic nitrogens is 3. The van der Waals surface area contributed by atoms with Gasteiger partial charge in [-0.25, -0.2) is 4.98 Å². The van der Waals surface area contributed by atoms with Crippen LogP contribution < -0.4 is 4.90 Å². The molecule has 1 N–H and O–H groups in total. The van der Waals surface area contributed by atoms with Crippen LogP contribution in [0.15, 0.2) is 72.8 Å². The van der Waals surface area contributed by atoms with Gasteiger partial charge in [0.15, 0.2) is 5.69 Å². The quantitative estimate of drug-likeness (QED) is 0.515. The van der Waals surface area contributed by atoms with Gasteiger partial charge in [0.2, 0.25) is 0 Å². The van der Waals surface area contributed by atoms with Gasteiger partial charge in [0, 0.05) is 42.8 Å². The summed E-state index contributed by atoms with van der Waals surface area (Å²) in [5, 5.41) is 8.33. The number of hydrogen-bond acceptors (Lipinski definition) is 4. The fourth-order valence-corrected chi connectivity index (χ4v) is 4.34. The molecule has 2 amide bonds. The molecule has 3 heterocycles. The first-order chi connectivity index (χ1) is 16.1. The summed E-state index contributed by atoms with van der Waals surface area (Å²) >= 11 is 0. The Morgan fingerprint density at radius 3 is 2.45 bits per heavy atom. The Kier molecular flexibility index (Phi) is 5.60. The molecule has 0 spiro atoms. The summed E-state index contributed by atoms with van der Waals surface area (Å²) in [5.74, 6) is 0.0394. The molecule has 33 heavy (non-hydrogen) atoms. The van der Waals surface area contributed by atoms with Crippen LogP contribution in [-0.2, 0) is 0 Å². The Hall–Kier alpha value is -4.00. The van der Waals surface area contributed by atoms with Crippen LogP contribution in [0.3, 0.4) is 0 Å². The van der Waals surface area contributed by atoms with Crippen molar-refractivity contribution in [1.29, 1.82) is 0 Å². The van der Waals surface area contributed by atoms with E-state index in [0.29, 0.717) is 24.5 Å². The lowest BCUT2D eigenvalue weighted by Crippen LogP contribution is -2.38. The lowest BCUT2D eigenvalue weighted by molar-refractivity contribution is 0.0706. The number of aromatic amines is 1. The fourth-order valence-electron chi connectivity index (χ4n) is 4.34. The third-order valence-electron chi connectivity index (χ3n) is 6.30. The second-order valence-electron chi connectivity index (χ2n) is 8.36. The SMILES string of the molecule is CN(C(=O)c1cc(C2CCN(C(=O)c3ccc4ccccc4n3)CC2)[nH]n1)c1ccccc1. The van der Waals surface area contributed by atoms with E-state index < -0.39 is 0 Å². The molecule has 2 aromatic heterocycles. The van der Waals surface area contributed by atoms with E-state index in [2.05, 4.69) is 15.2 Å². The number of anilines is 1. The molecule has 7 heteroatoms. The maximum atomic E-state index is 13.0. The van der Waals surface area contributed by atoms with Gasteiger partial charge < -0.3 is 9.80 Å². The van der Waals surface area contributed by atoms with Crippen molar-refractivity contribution >= 4 is 28.4 Å². The van der Waals surface area contributed by atoms with Crippen molar-refractivity contribution in [1.82, 2.24) is 20.1 Å². The van der Waals surface area contributed by atoms with Gasteiger partial charge >= 0.3 is 0 Å². The highest BCUT2D eigenvalue weighted by Crippen LogP contribution is 2.28. The van der Waals surface area contributed by atoms with Gasteiger partial charge in [0.25, 0.3) is 11.8 Å². The number of benzene rings is 2. The fraction of sp³-hybridized carbons (Fsp3) is 0.231. The highest BCUT2D eigenvalue weighted by molar-refractivity contribution is 6.04. The number of piperidine rings is 1. The molecule has 1 saturated heterocycles. The average molecular weight is 440 g/mol. The highest BCUT2D eigenvalue weighted by atomic mass is 16.2. The van der Waals surface area contributed by atoms with E-state index in [4.69, 9.17) is 0 Å². The number of rotatable bonds is 4. The van der Waals surface area contributed by atoms with Crippen LogP contribution in [0.4, 0.5) is 5.69 Å². The zero-order valence-electron chi connectivity index (χ0n) is 18.4. The van der Waals surface area contributed by atoms with E-state index in [1.165, 1.54) is 0 Å². The van der Waals surface area contributed by atoms with Crippen molar-refractivity contribution in [3.05, 3.63) is 89.9 Å². The van der Waals surface area contributed by atoms with E-state index in [0.717, 1.165) is 35.1 Å². The number of H-pyrrole nitrogens is 1. The summed E-state index contributed by atoms with van der Waals surface area (Å²) < 4.78 is 0. The van der Waals surface area contributed by atoms with E-state index in [1.54, 1.807) is 18.0 Å². The molecule has 2 aromatic carbocycles. The molecule has 5 rings (SSSR count). The van der Waals surface area contributed by atoms with E-state index in [1.807, 2.05) is 71.6 Å². The number of nitrogens with one attached hydrogen (secondary N) is 1. The van der Waals surface area contributed by atoms with Gasteiger partial charge in [-0.1, -0.05) is 42.5 Å². The molecule has 1 fully saturated rings. The topological polar surface area (TPSA) is 82.2 Å². The smallest absolute Gasteiger partial charge is 0.278 e. The molecule has 1 aliphatic rings. The minimum absolute atomic E-state index is 0.0378. The molecule has 166 valence electrons. The van der Waals surface area contributed by atoms with Crippen molar-refractivity contribution in [3.8, 4) is 0 Å². The first-order valence-electron chi connectivity index (χ1n) is 11.1. The Bertz CT molecular complexity index is 1290. The number of nitrogens with zero attached hydrogens (tertiary/aromatic N) is 4. The number of fused-ring (bicyclic) bond motifs is 1. The Balaban J connectivity index is 1.22. The molecular weight excluding hydrogens is 414 g/mol. The molecular formula is C26H25N5O2. The standard InChI is InChI=1S/C26H25N5O2/c1-30(20-8-3-2-4-9-20)25(32)24-17-23(28-29-24)19-13-15-31(16-14-19)26(33)22-12-11-18-7-5-6-10-21(18)27-22/h2-12,17,19H,13-16H2,1H3,(H,28,29). The van der Waals surface area contributed by atoms with Gasteiger partial charge in [0.1, 0.15) is 5.69 Å². The lowest BCUT2D eigenvalue weighted by atomic mass is 9.93. The minimum atomic E-state index is -0.154. The molecule has 1 aliphatic heterocycles. The van der Waals surface area contributed by atoms with Crippen LogP contribution in [0, 0.1) is 0 Å². The first-order valence-corrected chi connectivity index (χ1v) is 11.1. The normalized spacial score (nSPS) is 14.4. The van der Waals surface area contributed by atoms with Gasteiger partial charge in [-0.15, -0.1) is 0 Å². The second kappa shape index (κ2) is 8.86. The van der Waals surface area contributed by atoms with Gasteiger partial charge in [-0.3, -0.25) is 14.7 Å². The van der Waals surface area contributed by atoms with Crippen LogP contribution in [0.25, 0.3) is 10.9 Å². The van der Waals surface area contributed by atoms with Crippen LogP contribution in [0.1, 0.15) is 45.4 Å². The van der Waals surface area contributed by atoms with Crippen molar-refractivity contribution in [2.75, 3.05) is 25.0 Å². The van der Waals surface area contributed by atoms with E-state index in [-0.39, 0.29) is 17.7 Å². The number of likely N-dealkylation sites (tertiary alicyclic amines) is 1. The van der Waals surface area contributed by atoms with Crippen molar-refractivity contribution in [2.24, 2.45) is 0 Å². The zero-order valence-corrected chi connectivity index (χ0v) is 18.4. The van der Waals surface area contributed by atoms with E-state index in [9.17, 15) is 9.59 Å². The Morgan fingerprint density at radius 1 is 0.939 bits per heavy atom. The van der Waals surface area contributed by atoms with Crippen LogP contribution in [0.2, 0.25) is 0 Å². The first kappa shape index (κ1) is 20.9. The molecule has 4 aromatic rings.